The number of hydrogen-bond donors (Lipinski definition) is 2. The second-order valence-electron chi connectivity index (χ2n) is 3.97. The van der Waals surface area contributed by atoms with Gasteiger partial charge in [-0.25, -0.2) is 8.78 Å². The smallest absolute Gasteiger partial charge is 0.227 e. The molecule has 1 unspecified atom stereocenters. The molecular weight excluding hydrogens is 256 g/mol. The standard InChI is InChI=1S/C12H13F2N3O2/c13-8-1-2-10(14)9(5-8)11(18)6-15-4-3-12-16-7-17-19-12/h1-2,5,7,11,15,18H,3-4,6H2. The maximum Gasteiger partial charge on any atom is 0.227 e. The Balaban J connectivity index is 1.80. The van der Waals surface area contributed by atoms with Gasteiger partial charge in [0.05, 0.1) is 6.10 Å². The quantitative estimate of drug-likeness (QED) is 0.771. The van der Waals surface area contributed by atoms with Crippen molar-refractivity contribution in [3.63, 3.8) is 0 Å². The monoisotopic (exact) mass is 269 g/mol. The third-order valence-corrected chi connectivity index (χ3v) is 2.58. The molecule has 1 aromatic carbocycles. The fourth-order valence-electron chi connectivity index (χ4n) is 1.62. The number of aliphatic hydroxyl groups excluding tert-OH is 1. The summed E-state index contributed by atoms with van der Waals surface area (Å²) in [7, 11) is 0. The van der Waals surface area contributed by atoms with Crippen LogP contribution in [0.5, 0.6) is 0 Å². The Morgan fingerprint density at radius 2 is 2.21 bits per heavy atom. The zero-order chi connectivity index (χ0) is 13.7. The van der Waals surface area contributed by atoms with E-state index in [0.29, 0.717) is 18.9 Å². The number of halogens is 2. The van der Waals surface area contributed by atoms with Crippen LogP contribution in [-0.2, 0) is 6.42 Å². The molecule has 0 fully saturated rings. The Labute approximate surface area is 108 Å². The van der Waals surface area contributed by atoms with E-state index in [2.05, 4.69) is 15.5 Å². The third kappa shape index (κ3) is 3.80. The summed E-state index contributed by atoms with van der Waals surface area (Å²) in [6.45, 7) is 0.588. The molecule has 0 spiro atoms. The Bertz CT molecular complexity index is 520. The van der Waals surface area contributed by atoms with E-state index in [9.17, 15) is 13.9 Å². The number of nitrogens with one attached hydrogen (secondary N) is 1. The largest absolute Gasteiger partial charge is 0.387 e. The van der Waals surface area contributed by atoms with Gasteiger partial charge in [-0.05, 0) is 18.2 Å². The highest BCUT2D eigenvalue weighted by atomic mass is 19.1. The summed E-state index contributed by atoms with van der Waals surface area (Å²) in [5.41, 5.74) is -0.0645. The van der Waals surface area contributed by atoms with E-state index in [0.717, 1.165) is 18.2 Å². The van der Waals surface area contributed by atoms with Crippen LogP contribution in [0.3, 0.4) is 0 Å². The van der Waals surface area contributed by atoms with Crippen LogP contribution in [0.4, 0.5) is 8.78 Å². The van der Waals surface area contributed by atoms with Gasteiger partial charge < -0.3 is 14.9 Å². The summed E-state index contributed by atoms with van der Waals surface area (Å²) in [4.78, 5) is 3.83. The summed E-state index contributed by atoms with van der Waals surface area (Å²) in [5, 5.41) is 16.1. The van der Waals surface area contributed by atoms with E-state index in [-0.39, 0.29) is 12.1 Å². The van der Waals surface area contributed by atoms with Crippen LogP contribution in [0, 0.1) is 11.6 Å². The molecule has 7 heteroatoms. The molecule has 1 heterocycles. The van der Waals surface area contributed by atoms with Crippen LogP contribution in [0.1, 0.15) is 17.6 Å². The zero-order valence-electron chi connectivity index (χ0n) is 10.0. The lowest BCUT2D eigenvalue weighted by molar-refractivity contribution is 0.169. The molecule has 0 aliphatic rings. The number of benzene rings is 1. The van der Waals surface area contributed by atoms with Crippen LogP contribution < -0.4 is 5.32 Å². The van der Waals surface area contributed by atoms with Crippen molar-refractivity contribution in [1.82, 2.24) is 15.5 Å². The number of hydrogen-bond acceptors (Lipinski definition) is 5. The van der Waals surface area contributed by atoms with Crippen LogP contribution in [0.2, 0.25) is 0 Å². The van der Waals surface area contributed by atoms with Crippen molar-refractivity contribution in [1.29, 1.82) is 0 Å². The predicted octanol–water partition coefficient (Wildman–Crippen LogP) is 1.21. The highest BCUT2D eigenvalue weighted by Gasteiger charge is 2.13. The fourth-order valence-corrected chi connectivity index (χ4v) is 1.62. The molecule has 19 heavy (non-hydrogen) atoms. The third-order valence-electron chi connectivity index (χ3n) is 2.58. The van der Waals surface area contributed by atoms with Gasteiger partial charge in [0, 0.05) is 25.1 Å². The zero-order valence-corrected chi connectivity index (χ0v) is 10.0. The topological polar surface area (TPSA) is 71.2 Å². The molecule has 0 aliphatic heterocycles. The minimum absolute atomic E-state index is 0.0645. The van der Waals surface area contributed by atoms with Gasteiger partial charge >= 0.3 is 0 Å². The van der Waals surface area contributed by atoms with E-state index in [1.807, 2.05) is 0 Å². The molecular formula is C12H13F2N3O2. The highest BCUT2D eigenvalue weighted by molar-refractivity contribution is 5.21. The van der Waals surface area contributed by atoms with Crippen molar-refractivity contribution < 1.29 is 18.4 Å². The van der Waals surface area contributed by atoms with Gasteiger partial charge in [0.2, 0.25) is 5.89 Å². The van der Waals surface area contributed by atoms with Crippen LogP contribution in [0.25, 0.3) is 0 Å². The second kappa shape index (κ2) is 6.35. The number of rotatable bonds is 6. The fraction of sp³-hybridized carbons (Fsp3) is 0.333. The minimum Gasteiger partial charge on any atom is -0.387 e. The van der Waals surface area contributed by atoms with Gasteiger partial charge in [0.25, 0.3) is 0 Å². The average molecular weight is 269 g/mol. The molecule has 1 atom stereocenters. The van der Waals surface area contributed by atoms with Crippen LogP contribution in [-0.4, -0.2) is 28.3 Å². The molecule has 0 saturated carbocycles. The van der Waals surface area contributed by atoms with Crippen molar-refractivity contribution in [2.75, 3.05) is 13.1 Å². The summed E-state index contributed by atoms with van der Waals surface area (Å²) in [5.74, 6) is -0.743. The van der Waals surface area contributed by atoms with Gasteiger partial charge in [0.1, 0.15) is 11.6 Å². The van der Waals surface area contributed by atoms with E-state index >= 15 is 0 Å². The van der Waals surface area contributed by atoms with E-state index in [1.165, 1.54) is 6.33 Å². The lowest BCUT2D eigenvalue weighted by Crippen LogP contribution is -2.24. The normalized spacial score (nSPS) is 12.6. The van der Waals surface area contributed by atoms with Gasteiger partial charge in [-0.1, -0.05) is 5.16 Å². The first-order chi connectivity index (χ1) is 9.16. The van der Waals surface area contributed by atoms with Gasteiger partial charge in [-0.15, -0.1) is 0 Å². The summed E-state index contributed by atoms with van der Waals surface area (Å²) in [6, 6.07) is 2.99. The Morgan fingerprint density at radius 3 is 2.95 bits per heavy atom. The summed E-state index contributed by atoms with van der Waals surface area (Å²) < 4.78 is 31.1. The van der Waals surface area contributed by atoms with E-state index < -0.39 is 17.7 Å². The Hall–Kier alpha value is -1.86. The van der Waals surface area contributed by atoms with Crippen molar-refractivity contribution in [2.24, 2.45) is 0 Å². The maximum absolute atomic E-state index is 13.4. The molecule has 0 bridgehead atoms. The maximum atomic E-state index is 13.4. The van der Waals surface area contributed by atoms with E-state index in [1.54, 1.807) is 0 Å². The predicted molar refractivity (Wildman–Crippen MR) is 62.2 cm³/mol. The van der Waals surface area contributed by atoms with Gasteiger partial charge in [0.15, 0.2) is 6.33 Å². The minimum atomic E-state index is -1.11. The molecule has 102 valence electrons. The molecule has 2 aromatic rings. The number of nitrogens with zero attached hydrogens (tertiary/aromatic N) is 2. The molecule has 0 radical (unpaired) electrons. The lowest BCUT2D eigenvalue weighted by Gasteiger charge is -2.12. The average Bonchev–Trinajstić information content (AvgIpc) is 2.90. The molecule has 0 saturated heterocycles. The lowest BCUT2D eigenvalue weighted by atomic mass is 10.1. The van der Waals surface area contributed by atoms with Crippen molar-refractivity contribution >= 4 is 0 Å². The van der Waals surface area contributed by atoms with Crippen molar-refractivity contribution in [3.8, 4) is 0 Å². The van der Waals surface area contributed by atoms with E-state index in [4.69, 9.17) is 4.52 Å². The summed E-state index contributed by atoms with van der Waals surface area (Å²) in [6.07, 6.45) is 0.684. The van der Waals surface area contributed by atoms with Crippen molar-refractivity contribution in [2.45, 2.75) is 12.5 Å². The first-order valence-electron chi connectivity index (χ1n) is 5.76. The van der Waals surface area contributed by atoms with Crippen molar-refractivity contribution in [3.05, 3.63) is 47.6 Å². The molecule has 2 N–H and O–H groups in total. The molecule has 0 amide bonds. The second-order valence-corrected chi connectivity index (χ2v) is 3.97. The van der Waals surface area contributed by atoms with Gasteiger partial charge in [-0.2, -0.15) is 4.98 Å². The van der Waals surface area contributed by atoms with Crippen LogP contribution >= 0.6 is 0 Å². The molecule has 1 aromatic heterocycles. The molecule has 5 nitrogen and oxygen atoms in total. The Morgan fingerprint density at radius 1 is 1.37 bits per heavy atom. The molecule has 0 aliphatic carbocycles. The SMILES string of the molecule is OC(CNCCc1ncno1)c1cc(F)ccc1F. The van der Waals surface area contributed by atoms with Crippen LogP contribution in [0.15, 0.2) is 29.0 Å². The Kier molecular flexibility index (Phi) is 4.53. The molecule has 2 rings (SSSR count). The number of aromatic nitrogens is 2. The highest BCUT2D eigenvalue weighted by Crippen LogP contribution is 2.17. The summed E-state index contributed by atoms with van der Waals surface area (Å²) >= 11 is 0. The first kappa shape index (κ1) is 13.6. The number of aliphatic hydroxyl groups is 1. The first-order valence-corrected chi connectivity index (χ1v) is 5.76. The van der Waals surface area contributed by atoms with Gasteiger partial charge in [-0.3, -0.25) is 0 Å².